The molecule has 0 amide bonds. The third-order valence-electron chi connectivity index (χ3n) is 3.20. The summed E-state index contributed by atoms with van der Waals surface area (Å²) in [6, 6.07) is 0. The average molecular weight is 156 g/mol. The van der Waals surface area contributed by atoms with Crippen LogP contribution in [0.25, 0.3) is 0 Å². The molecule has 0 radical (unpaired) electrons. The smallest absolute Gasteiger partial charge is 0.153 e. The molecule has 2 unspecified atom stereocenters. The van der Waals surface area contributed by atoms with Crippen molar-refractivity contribution in [2.45, 2.75) is 12.5 Å². The Bertz CT molecular complexity index is 190. The van der Waals surface area contributed by atoms with Crippen LogP contribution in [0.1, 0.15) is 6.92 Å². The van der Waals surface area contributed by atoms with Gasteiger partial charge in [-0.2, -0.15) is 5.01 Å². The van der Waals surface area contributed by atoms with Gasteiger partial charge < -0.3 is 0 Å². The molecule has 0 N–H and O–H groups in total. The molecule has 2 saturated heterocycles. The highest BCUT2D eigenvalue weighted by atomic mass is 15.8. The number of hydrogen-bond donors (Lipinski definition) is 0. The van der Waals surface area contributed by atoms with Crippen LogP contribution in [-0.2, 0) is 0 Å². The van der Waals surface area contributed by atoms with Crippen molar-refractivity contribution in [2.24, 2.45) is 0 Å². The number of likely N-dealkylation sites (N-methyl/N-ethyl adjacent to an activating group) is 1. The molecule has 2 aliphatic heterocycles. The molecule has 2 rings (SSSR count). The van der Waals surface area contributed by atoms with Crippen LogP contribution in [0, 0.1) is 0 Å². The fraction of sp³-hybridized carbons (Fsp3) is 1.00. The summed E-state index contributed by atoms with van der Waals surface area (Å²) >= 11 is 0. The number of hydrogen-bond acceptors (Lipinski definition) is 2. The van der Waals surface area contributed by atoms with Gasteiger partial charge in [0.2, 0.25) is 0 Å². The Morgan fingerprint density at radius 2 is 1.91 bits per heavy atom. The van der Waals surface area contributed by atoms with Gasteiger partial charge >= 0.3 is 0 Å². The summed E-state index contributed by atoms with van der Waals surface area (Å²) in [5.74, 6) is 0. The van der Waals surface area contributed by atoms with E-state index in [9.17, 15) is 0 Å². The second-order valence-electron chi connectivity index (χ2n) is 4.77. The zero-order valence-corrected chi connectivity index (χ0v) is 7.96. The summed E-state index contributed by atoms with van der Waals surface area (Å²) in [7, 11) is 6.73. The first-order chi connectivity index (χ1) is 4.94. The van der Waals surface area contributed by atoms with E-state index in [0.717, 1.165) is 4.59 Å². The lowest BCUT2D eigenvalue weighted by atomic mass is 10.2. The van der Waals surface area contributed by atoms with Gasteiger partial charge in [-0.25, -0.2) is 9.49 Å². The van der Waals surface area contributed by atoms with Crippen molar-refractivity contribution in [3.05, 3.63) is 0 Å². The molecule has 0 spiro atoms. The largest absolute Gasteiger partial charge is 0.245 e. The van der Waals surface area contributed by atoms with Gasteiger partial charge in [0.25, 0.3) is 0 Å². The zero-order valence-electron chi connectivity index (χ0n) is 7.96. The van der Waals surface area contributed by atoms with Gasteiger partial charge in [-0.05, 0) is 6.92 Å². The normalized spacial score (nSPS) is 48.5. The standard InChI is InChI=1S/C8H18N3/c1-8-5-9(2)11(3,4)7-10(8)6-8/h5-7H2,1-4H3/q+1. The average Bonchev–Trinajstić information content (AvgIpc) is 2.39. The Hall–Kier alpha value is -0.120. The highest BCUT2D eigenvalue weighted by Crippen LogP contribution is 2.37. The van der Waals surface area contributed by atoms with E-state index in [1.165, 1.54) is 19.8 Å². The minimum absolute atomic E-state index is 0.516. The molecule has 0 aromatic rings. The van der Waals surface area contributed by atoms with E-state index in [2.05, 4.69) is 38.0 Å². The monoisotopic (exact) mass is 156 g/mol. The molecule has 2 atom stereocenters. The minimum Gasteiger partial charge on any atom is -0.245 e. The molecule has 0 aromatic carbocycles. The van der Waals surface area contributed by atoms with Crippen LogP contribution >= 0.6 is 0 Å². The Labute approximate surface area is 68.7 Å². The molecular weight excluding hydrogens is 138 g/mol. The fourth-order valence-corrected chi connectivity index (χ4v) is 1.96. The second-order valence-corrected chi connectivity index (χ2v) is 4.77. The van der Waals surface area contributed by atoms with Crippen LogP contribution in [0.15, 0.2) is 0 Å². The molecule has 3 nitrogen and oxygen atoms in total. The van der Waals surface area contributed by atoms with Gasteiger partial charge in [0, 0.05) is 13.6 Å². The lowest BCUT2D eigenvalue weighted by Crippen LogP contribution is -2.61. The van der Waals surface area contributed by atoms with E-state index in [1.807, 2.05) is 0 Å². The molecule has 0 saturated carbocycles. The van der Waals surface area contributed by atoms with Crippen molar-refractivity contribution >= 4 is 0 Å². The zero-order chi connectivity index (χ0) is 8.28. The van der Waals surface area contributed by atoms with Crippen molar-refractivity contribution in [2.75, 3.05) is 40.9 Å². The Morgan fingerprint density at radius 1 is 1.27 bits per heavy atom. The number of quaternary nitrogens is 1. The first kappa shape index (κ1) is 7.53. The topological polar surface area (TPSA) is 6.25 Å². The summed E-state index contributed by atoms with van der Waals surface area (Å²) < 4.78 is 1.01. The van der Waals surface area contributed by atoms with Gasteiger partial charge in [0.1, 0.15) is 0 Å². The van der Waals surface area contributed by atoms with Crippen LogP contribution in [0.5, 0.6) is 0 Å². The SMILES string of the molecule is CN1CC2(C)CN2C[N+]1(C)C. The molecule has 0 aliphatic carbocycles. The third kappa shape index (κ3) is 0.991. The van der Waals surface area contributed by atoms with Crippen molar-refractivity contribution in [3.8, 4) is 0 Å². The van der Waals surface area contributed by atoms with Crippen LogP contribution < -0.4 is 0 Å². The highest BCUT2D eigenvalue weighted by Gasteiger charge is 2.56. The molecule has 64 valence electrons. The number of nitrogens with zero attached hydrogens (tertiary/aromatic N) is 3. The predicted molar refractivity (Wildman–Crippen MR) is 44.7 cm³/mol. The quantitative estimate of drug-likeness (QED) is 0.358. The van der Waals surface area contributed by atoms with E-state index in [4.69, 9.17) is 0 Å². The predicted octanol–water partition coefficient (Wildman–Crippen LogP) is -0.0450. The van der Waals surface area contributed by atoms with Crippen LogP contribution in [0.2, 0.25) is 0 Å². The van der Waals surface area contributed by atoms with Gasteiger partial charge in [-0.15, -0.1) is 0 Å². The number of fused-ring (bicyclic) bond motifs is 1. The lowest BCUT2D eigenvalue weighted by Gasteiger charge is -2.43. The summed E-state index contributed by atoms with van der Waals surface area (Å²) in [6.45, 7) is 6.02. The second kappa shape index (κ2) is 1.79. The van der Waals surface area contributed by atoms with E-state index < -0.39 is 0 Å². The Kier molecular flexibility index (Phi) is 1.22. The van der Waals surface area contributed by atoms with Gasteiger partial charge in [0.15, 0.2) is 6.67 Å². The maximum absolute atomic E-state index is 2.55. The van der Waals surface area contributed by atoms with Crippen LogP contribution in [0.3, 0.4) is 0 Å². The molecule has 3 heteroatoms. The van der Waals surface area contributed by atoms with E-state index in [1.54, 1.807) is 0 Å². The van der Waals surface area contributed by atoms with Crippen LogP contribution in [0.4, 0.5) is 0 Å². The van der Waals surface area contributed by atoms with E-state index in [0.29, 0.717) is 5.54 Å². The van der Waals surface area contributed by atoms with Crippen LogP contribution in [-0.4, -0.2) is 60.9 Å². The van der Waals surface area contributed by atoms with Crippen molar-refractivity contribution in [1.29, 1.82) is 0 Å². The maximum atomic E-state index is 2.55. The van der Waals surface area contributed by atoms with E-state index in [-0.39, 0.29) is 0 Å². The number of rotatable bonds is 0. The molecule has 11 heavy (non-hydrogen) atoms. The Balaban J connectivity index is 2.13. The van der Waals surface area contributed by atoms with E-state index >= 15 is 0 Å². The van der Waals surface area contributed by atoms with Gasteiger partial charge in [-0.1, -0.05) is 0 Å². The molecule has 2 fully saturated rings. The first-order valence-corrected chi connectivity index (χ1v) is 4.24. The fourth-order valence-electron chi connectivity index (χ4n) is 1.96. The molecule has 0 bridgehead atoms. The summed E-state index contributed by atoms with van der Waals surface area (Å²) in [4.78, 5) is 2.55. The molecule has 2 heterocycles. The summed E-state index contributed by atoms with van der Waals surface area (Å²) in [5.41, 5.74) is 0.516. The van der Waals surface area contributed by atoms with Gasteiger partial charge in [0.05, 0.1) is 26.2 Å². The highest BCUT2D eigenvalue weighted by molar-refractivity contribution is 5.04. The van der Waals surface area contributed by atoms with Crippen molar-refractivity contribution in [1.82, 2.24) is 9.91 Å². The molecule has 0 aromatic heterocycles. The summed E-state index contributed by atoms with van der Waals surface area (Å²) in [6.07, 6.45) is 0. The minimum atomic E-state index is 0.516. The summed E-state index contributed by atoms with van der Waals surface area (Å²) in [5, 5.41) is 2.42. The van der Waals surface area contributed by atoms with Crippen molar-refractivity contribution in [3.63, 3.8) is 0 Å². The molecular formula is C8H18N3+. The lowest BCUT2D eigenvalue weighted by molar-refractivity contribution is -1.01. The maximum Gasteiger partial charge on any atom is 0.153 e. The third-order valence-corrected chi connectivity index (χ3v) is 3.20. The first-order valence-electron chi connectivity index (χ1n) is 4.24. The Morgan fingerprint density at radius 3 is 2.45 bits per heavy atom. The van der Waals surface area contributed by atoms with Crippen molar-refractivity contribution < 1.29 is 4.59 Å². The van der Waals surface area contributed by atoms with Gasteiger partial charge in [-0.3, -0.25) is 0 Å². The molecule has 2 aliphatic rings.